The van der Waals surface area contributed by atoms with E-state index in [-0.39, 0.29) is 5.56 Å². The van der Waals surface area contributed by atoms with Crippen LogP contribution in [0.3, 0.4) is 0 Å². The Labute approximate surface area is 176 Å². The molecule has 0 saturated carbocycles. The highest BCUT2D eigenvalue weighted by atomic mass is 79.9. The maximum atomic E-state index is 12.8. The maximum Gasteiger partial charge on any atom is 0.490 e. The van der Waals surface area contributed by atoms with Gasteiger partial charge in [-0.15, -0.1) is 10.2 Å². The lowest BCUT2D eigenvalue weighted by Gasteiger charge is -2.10. The van der Waals surface area contributed by atoms with Crippen molar-refractivity contribution in [3.63, 3.8) is 0 Å². The Kier molecular flexibility index (Phi) is 7.58. The standard InChI is InChI=1S/C14H20BrN7O.C2HF3O2/c1-4-5-6-7-21-11-10(16-13(15)17-11)12(23)22-9(8-20(2)3)18-19-14(21)22;3-2(4,5)1(6)7/h4-8H2,1-3H3,(H,16,17);(H,6,7). The zero-order valence-corrected chi connectivity index (χ0v) is 18.1. The zero-order valence-electron chi connectivity index (χ0n) is 16.5. The van der Waals surface area contributed by atoms with Crippen LogP contribution in [0.5, 0.6) is 0 Å². The van der Waals surface area contributed by atoms with Crippen molar-refractivity contribution in [2.75, 3.05) is 14.1 Å². The molecule has 2 N–H and O–H groups in total. The SMILES string of the molecule is CCCCCn1c2nc(Br)[nH]c2c(=O)n2c(CN(C)C)nnc12.O=C(O)C(F)(F)F. The van der Waals surface area contributed by atoms with Crippen molar-refractivity contribution in [1.29, 1.82) is 0 Å². The third-order valence-electron chi connectivity index (χ3n) is 3.97. The number of aryl methyl sites for hydroxylation is 1. The van der Waals surface area contributed by atoms with E-state index in [2.05, 4.69) is 43.0 Å². The molecule has 0 unspecified atom stereocenters. The van der Waals surface area contributed by atoms with Crippen molar-refractivity contribution >= 4 is 38.8 Å². The van der Waals surface area contributed by atoms with E-state index in [1.54, 1.807) is 4.40 Å². The third-order valence-corrected chi connectivity index (χ3v) is 4.34. The van der Waals surface area contributed by atoms with Crippen molar-refractivity contribution in [2.24, 2.45) is 0 Å². The number of unbranched alkanes of at least 4 members (excludes halogenated alkanes) is 2. The van der Waals surface area contributed by atoms with Gasteiger partial charge in [-0.3, -0.25) is 9.36 Å². The van der Waals surface area contributed by atoms with Gasteiger partial charge in [-0.05, 0) is 36.4 Å². The number of alkyl halides is 3. The van der Waals surface area contributed by atoms with Crippen molar-refractivity contribution in [2.45, 2.75) is 45.5 Å². The van der Waals surface area contributed by atoms with Gasteiger partial charge in [-0.2, -0.15) is 13.2 Å². The summed E-state index contributed by atoms with van der Waals surface area (Å²) in [5.74, 6) is -1.58. The van der Waals surface area contributed by atoms with Crippen LogP contribution in [0.2, 0.25) is 0 Å². The highest BCUT2D eigenvalue weighted by Crippen LogP contribution is 2.16. The number of hydrogen-bond acceptors (Lipinski definition) is 6. The number of imidazole rings is 1. The van der Waals surface area contributed by atoms with Gasteiger partial charge < -0.3 is 15.0 Å². The van der Waals surface area contributed by atoms with Gasteiger partial charge in [0.2, 0.25) is 5.78 Å². The first-order valence-electron chi connectivity index (χ1n) is 8.94. The molecule has 0 fully saturated rings. The minimum atomic E-state index is -5.08. The Morgan fingerprint density at radius 2 is 1.90 bits per heavy atom. The Bertz CT molecular complexity index is 1090. The van der Waals surface area contributed by atoms with E-state index in [0.29, 0.717) is 34.0 Å². The summed E-state index contributed by atoms with van der Waals surface area (Å²) in [5, 5.41) is 15.6. The monoisotopic (exact) mass is 495 g/mol. The molecule has 0 aliphatic rings. The van der Waals surface area contributed by atoms with Gasteiger partial charge in [-0.25, -0.2) is 14.2 Å². The molecule has 0 aromatic carbocycles. The number of H-pyrrole nitrogens is 1. The molecule has 0 aliphatic carbocycles. The van der Waals surface area contributed by atoms with Crippen molar-refractivity contribution in [3.05, 3.63) is 20.9 Å². The molecule has 0 radical (unpaired) electrons. The molecule has 0 aliphatic heterocycles. The van der Waals surface area contributed by atoms with Crippen molar-refractivity contribution < 1.29 is 23.1 Å². The highest BCUT2D eigenvalue weighted by Gasteiger charge is 2.38. The fourth-order valence-electron chi connectivity index (χ4n) is 2.69. The minimum absolute atomic E-state index is 0.165. The van der Waals surface area contributed by atoms with E-state index >= 15 is 0 Å². The number of aromatic nitrogens is 6. The van der Waals surface area contributed by atoms with Crippen LogP contribution in [0.1, 0.15) is 32.0 Å². The maximum absolute atomic E-state index is 12.8. The van der Waals surface area contributed by atoms with E-state index in [9.17, 15) is 18.0 Å². The summed E-state index contributed by atoms with van der Waals surface area (Å²) in [5.41, 5.74) is 0.928. The summed E-state index contributed by atoms with van der Waals surface area (Å²) in [6, 6.07) is 0. The predicted molar refractivity (Wildman–Crippen MR) is 105 cm³/mol. The molecule has 0 spiro atoms. The molecular weight excluding hydrogens is 475 g/mol. The van der Waals surface area contributed by atoms with Gasteiger partial charge in [0.25, 0.3) is 5.56 Å². The topological polar surface area (TPSA) is 121 Å². The molecule has 10 nitrogen and oxygen atoms in total. The van der Waals surface area contributed by atoms with Crippen LogP contribution in [0, 0.1) is 0 Å². The van der Waals surface area contributed by atoms with E-state index in [1.807, 2.05) is 23.6 Å². The minimum Gasteiger partial charge on any atom is -0.475 e. The molecule has 3 aromatic heterocycles. The van der Waals surface area contributed by atoms with E-state index in [0.717, 1.165) is 25.8 Å². The Morgan fingerprint density at radius 1 is 1.27 bits per heavy atom. The summed E-state index contributed by atoms with van der Waals surface area (Å²) in [6.45, 7) is 3.46. The number of carboxylic acids is 1. The first-order valence-corrected chi connectivity index (χ1v) is 9.73. The van der Waals surface area contributed by atoms with Gasteiger partial charge in [-0.1, -0.05) is 19.8 Å². The number of rotatable bonds is 6. The Morgan fingerprint density at radius 3 is 2.43 bits per heavy atom. The molecule has 30 heavy (non-hydrogen) atoms. The molecule has 0 atom stereocenters. The molecule has 3 heterocycles. The number of nitrogens with zero attached hydrogens (tertiary/aromatic N) is 6. The number of fused-ring (bicyclic) bond motifs is 2. The van der Waals surface area contributed by atoms with Crippen LogP contribution in [0.15, 0.2) is 9.53 Å². The summed E-state index contributed by atoms with van der Waals surface area (Å²) in [6.07, 6.45) is -1.84. The normalized spacial score (nSPS) is 11.9. The fraction of sp³-hybridized carbons (Fsp3) is 0.562. The molecular formula is C16H21BrF3N7O3. The van der Waals surface area contributed by atoms with Crippen LogP contribution in [0.25, 0.3) is 16.9 Å². The predicted octanol–water partition coefficient (Wildman–Crippen LogP) is 2.41. The van der Waals surface area contributed by atoms with Crippen LogP contribution < -0.4 is 5.56 Å². The van der Waals surface area contributed by atoms with E-state index < -0.39 is 12.1 Å². The number of hydrogen-bond donors (Lipinski definition) is 2. The number of halogens is 4. The van der Waals surface area contributed by atoms with Crippen LogP contribution in [-0.4, -0.2) is 65.4 Å². The number of aliphatic carboxylic acids is 1. The van der Waals surface area contributed by atoms with Gasteiger partial charge in [0.05, 0.1) is 6.54 Å². The summed E-state index contributed by atoms with van der Waals surface area (Å²) >= 11 is 3.32. The summed E-state index contributed by atoms with van der Waals surface area (Å²) < 4.78 is 35.8. The number of carbonyl (C=O) groups is 1. The summed E-state index contributed by atoms with van der Waals surface area (Å²) in [7, 11) is 3.87. The molecule has 166 valence electrons. The molecule has 0 amide bonds. The first kappa shape index (κ1) is 23.8. The largest absolute Gasteiger partial charge is 0.490 e. The lowest BCUT2D eigenvalue weighted by molar-refractivity contribution is -0.192. The quantitative estimate of drug-likeness (QED) is 0.397. The average molecular weight is 496 g/mol. The second kappa shape index (κ2) is 9.55. The number of nitrogens with one attached hydrogen (secondary N) is 1. The van der Waals surface area contributed by atoms with Crippen molar-refractivity contribution in [1.82, 2.24) is 34.0 Å². The number of carboxylic acid groups (broad SMARTS) is 1. The van der Waals surface area contributed by atoms with Crippen LogP contribution in [-0.2, 0) is 17.9 Å². The van der Waals surface area contributed by atoms with E-state index in [4.69, 9.17) is 9.90 Å². The Hall–Kier alpha value is -2.48. The van der Waals surface area contributed by atoms with Gasteiger partial charge in [0, 0.05) is 6.54 Å². The van der Waals surface area contributed by atoms with Crippen LogP contribution >= 0.6 is 15.9 Å². The lowest BCUT2D eigenvalue weighted by atomic mass is 10.2. The van der Waals surface area contributed by atoms with Gasteiger partial charge in [0.1, 0.15) is 0 Å². The lowest BCUT2D eigenvalue weighted by Crippen LogP contribution is -2.23. The Balaban J connectivity index is 0.000000396. The van der Waals surface area contributed by atoms with Gasteiger partial charge in [0.15, 0.2) is 21.7 Å². The summed E-state index contributed by atoms with van der Waals surface area (Å²) in [4.78, 5) is 31.1. The van der Waals surface area contributed by atoms with E-state index in [1.165, 1.54) is 0 Å². The average Bonchev–Trinajstić information content (AvgIpc) is 3.21. The third kappa shape index (κ3) is 5.36. The first-order chi connectivity index (χ1) is 14.0. The fourth-order valence-corrected chi connectivity index (χ4v) is 3.05. The highest BCUT2D eigenvalue weighted by molar-refractivity contribution is 9.10. The molecule has 0 bridgehead atoms. The molecule has 3 rings (SSSR count). The second-order valence-corrected chi connectivity index (χ2v) is 7.43. The molecule has 14 heteroatoms. The number of aromatic amines is 1. The molecule has 3 aromatic rings. The van der Waals surface area contributed by atoms with Gasteiger partial charge >= 0.3 is 12.1 Å². The smallest absolute Gasteiger partial charge is 0.475 e. The second-order valence-electron chi connectivity index (χ2n) is 6.68. The van der Waals surface area contributed by atoms with Crippen molar-refractivity contribution in [3.8, 4) is 0 Å². The molecule has 0 saturated heterocycles. The van der Waals surface area contributed by atoms with Crippen LogP contribution in [0.4, 0.5) is 13.2 Å². The zero-order chi connectivity index (χ0) is 22.6.